The Kier molecular flexibility index (Phi) is 4.11. The lowest BCUT2D eigenvalue weighted by atomic mass is 10.0. The van der Waals surface area contributed by atoms with Crippen LogP contribution < -0.4 is 0 Å². The summed E-state index contributed by atoms with van der Waals surface area (Å²) in [6.45, 7) is 2.34. The van der Waals surface area contributed by atoms with E-state index in [-0.39, 0.29) is 6.04 Å². The minimum absolute atomic E-state index is 0.314. The van der Waals surface area contributed by atoms with E-state index in [0.717, 1.165) is 12.1 Å². The number of rotatable bonds is 3. The van der Waals surface area contributed by atoms with Crippen LogP contribution >= 0.6 is 0 Å². The number of aryl methyl sites for hydroxylation is 1. The molecule has 124 valence electrons. The Hall–Kier alpha value is -1.93. The molecule has 1 fully saturated rings. The fourth-order valence-electron chi connectivity index (χ4n) is 2.91. The van der Waals surface area contributed by atoms with Crippen molar-refractivity contribution in [2.45, 2.75) is 38.2 Å². The average molecular weight is 327 g/mol. The zero-order valence-corrected chi connectivity index (χ0v) is 12.4. The molecule has 0 spiro atoms. The van der Waals surface area contributed by atoms with Crippen molar-refractivity contribution < 1.29 is 22.8 Å². The Morgan fingerprint density at radius 3 is 2.83 bits per heavy atom. The van der Waals surface area contributed by atoms with Crippen LogP contribution in [0.5, 0.6) is 0 Å². The van der Waals surface area contributed by atoms with Gasteiger partial charge in [0, 0.05) is 19.5 Å². The smallest absolute Gasteiger partial charge is 0.392 e. The van der Waals surface area contributed by atoms with Gasteiger partial charge < -0.3 is 9.63 Å². The van der Waals surface area contributed by atoms with Gasteiger partial charge >= 0.3 is 6.18 Å². The fraction of sp³-hybridized carbons (Fsp3) is 0.467. The van der Waals surface area contributed by atoms with Crippen molar-refractivity contribution in [3.63, 3.8) is 0 Å². The molecule has 1 aliphatic heterocycles. The molecule has 5 nitrogen and oxygen atoms in total. The summed E-state index contributed by atoms with van der Waals surface area (Å²) in [5.74, 6) is 0.879. The number of aliphatic hydroxyl groups is 1. The summed E-state index contributed by atoms with van der Waals surface area (Å²) in [6.07, 6.45) is -4.61. The molecule has 2 atom stereocenters. The normalized spacial score (nSPS) is 22.7. The van der Waals surface area contributed by atoms with Crippen molar-refractivity contribution in [2.24, 2.45) is 0 Å². The molecular weight excluding hydrogens is 311 g/mol. The molecule has 0 radical (unpaired) electrons. The first kappa shape index (κ1) is 15.9. The zero-order chi connectivity index (χ0) is 16.6. The van der Waals surface area contributed by atoms with Crippen LogP contribution in [-0.4, -0.2) is 32.8 Å². The molecule has 3 rings (SSSR count). The number of halogens is 3. The third-order valence-electron chi connectivity index (χ3n) is 3.89. The molecule has 0 amide bonds. The summed E-state index contributed by atoms with van der Waals surface area (Å²) in [7, 11) is 0. The van der Waals surface area contributed by atoms with Crippen LogP contribution in [0.4, 0.5) is 13.2 Å². The van der Waals surface area contributed by atoms with E-state index in [0.29, 0.717) is 36.8 Å². The molecule has 1 N–H and O–H groups in total. The standard InChI is InChI=1S/C15H16F3N3O2/c1-9-19-14(20-23-9)8-21-7-12(22)6-13(21)10-3-2-4-11(5-10)15(16,17)18/h2-5,12-13,22H,6-8H2,1H3/t12-,13-/m0/s1. The predicted molar refractivity (Wildman–Crippen MR) is 74.3 cm³/mol. The van der Waals surface area contributed by atoms with Gasteiger partial charge in [0.2, 0.25) is 5.89 Å². The lowest BCUT2D eigenvalue weighted by molar-refractivity contribution is -0.137. The lowest BCUT2D eigenvalue weighted by Gasteiger charge is -2.23. The Bertz CT molecular complexity index is 687. The maximum Gasteiger partial charge on any atom is 0.416 e. The van der Waals surface area contributed by atoms with E-state index in [4.69, 9.17) is 4.52 Å². The van der Waals surface area contributed by atoms with Crippen molar-refractivity contribution >= 4 is 0 Å². The summed E-state index contributed by atoms with van der Waals surface area (Å²) in [5, 5.41) is 13.7. The first-order valence-corrected chi connectivity index (χ1v) is 7.21. The topological polar surface area (TPSA) is 62.4 Å². The highest BCUT2D eigenvalue weighted by atomic mass is 19.4. The van der Waals surface area contributed by atoms with Crippen molar-refractivity contribution in [1.29, 1.82) is 0 Å². The van der Waals surface area contributed by atoms with Gasteiger partial charge in [-0.15, -0.1) is 0 Å². The van der Waals surface area contributed by atoms with Gasteiger partial charge in [0.1, 0.15) is 0 Å². The van der Waals surface area contributed by atoms with Gasteiger partial charge in [0.25, 0.3) is 0 Å². The van der Waals surface area contributed by atoms with Crippen molar-refractivity contribution in [3.05, 3.63) is 47.1 Å². The van der Waals surface area contributed by atoms with E-state index in [1.165, 1.54) is 6.07 Å². The van der Waals surface area contributed by atoms with Gasteiger partial charge in [0.15, 0.2) is 5.82 Å². The number of likely N-dealkylation sites (tertiary alicyclic amines) is 1. The number of aromatic nitrogens is 2. The molecule has 8 heteroatoms. The van der Waals surface area contributed by atoms with Gasteiger partial charge in [-0.25, -0.2) is 0 Å². The molecule has 0 saturated carbocycles. The van der Waals surface area contributed by atoms with E-state index in [2.05, 4.69) is 10.1 Å². The van der Waals surface area contributed by atoms with E-state index in [9.17, 15) is 18.3 Å². The number of benzene rings is 1. The molecule has 0 unspecified atom stereocenters. The van der Waals surface area contributed by atoms with Crippen LogP contribution in [0, 0.1) is 6.92 Å². The average Bonchev–Trinajstić information content (AvgIpc) is 3.04. The van der Waals surface area contributed by atoms with Gasteiger partial charge in [-0.2, -0.15) is 18.2 Å². The molecule has 23 heavy (non-hydrogen) atoms. The molecule has 0 bridgehead atoms. The highest BCUT2D eigenvalue weighted by Crippen LogP contribution is 2.36. The molecular formula is C15H16F3N3O2. The monoisotopic (exact) mass is 327 g/mol. The second-order valence-corrected chi connectivity index (χ2v) is 5.69. The van der Waals surface area contributed by atoms with E-state index >= 15 is 0 Å². The summed E-state index contributed by atoms with van der Waals surface area (Å²) in [6, 6.07) is 4.90. The fourth-order valence-corrected chi connectivity index (χ4v) is 2.91. The van der Waals surface area contributed by atoms with E-state index in [1.54, 1.807) is 13.0 Å². The van der Waals surface area contributed by atoms with Gasteiger partial charge in [-0.3, -0.25) is 4.90 Å². The summed E-state index contributed by atoms with van der Waals surface area (Å²) in [5.41, 5.74) is -0.164. The molecule has 1 aromatic heterocycles. The number of β-amino-alcohol motifs (C(OH)–C–C–N with tert-alkyl or cyclic N) is 1. The molecule has 0 aliphatic carbocycles. The largest absolute Gasteiger partial charge is 0.416 e. The van der Waals surface area contributed by atoms with Crippen LogP contribution in [0.2, 0.25) is 0 Å². The predicted octanol–water partition coefficient (Wildman–Crippen LogP) is 2.70. The lowest BCUT2D eigenvalue weighted by Crippen LogP contribution is -2.25. The van der Waals surface area contributed by atoms with Crippen LogP contribution in [0.25, 0.3) is 0 Å². The highest BCUT2D eigenvalue weighted by molar-refractivity contribution is 5.29. The molecule has 1 aliphatic rings. The van der Waals surface area contributed by atoms with E-state index in [1.807, 2.05) is 4.90 Å². The van der Waals surface area contributed by atoms with Gasteiger partial charge in [0.05, 0.1) is 18.2 Å². The molecule has 2 aromatic rings. The minimum Gasteiger partial charge on any atom is -0.392 e. The number of alkyl halides is 3. The second kappa shape index (κ2) is 5.93. The quantitative estimate of drug-likeness (QED) is 0.939. The van der Waals surface area contributed by atoms with Crippen LogP contribution in [0.3, 0.4) is 0 Å². The summed E-state index contributed by atoms with van der Waals surface area (Å²) < 4.78 is 43.6. The maximum atomic E-state index is 12.9. The number of hydrogen-bond donors (Lipinski definition) is 1. The summed E-state index contributed by atoms with van der Waals surface area (Å²) >= 11 is 0. The Morgan fingerprint density at radius 2 is 2.17 bits per heavy atom. The van der Waals surface area contributed by atoms with Crippen LogP contribution in [0.1, 0.15) is 35.3 Å². The molecule has 1 aromatic carbocycles. The Morgan fingerprint density at radius 1 is 1.39 bits per heavy atom. The second-order valence-electron chi connectivity index (χ2n) is 5.69. The third-order valence-corrected chi connectivity index (χ3v) is 3.89. The van der Waals surface area contributed by atoms with Crippen molar-refractivity contribution in [3.8, 4) is 0 Å². The first-order chi connectivity index (χ1) is 10.8. The highest BCUT2D eigenvalue weighted by Gasteiger charge is 2.35. The maximum absolute atomic E-state index is 12.9. The number of nitrogens with zero attached hydrogens (tertiary/aromatic N) is 3. The first-order valence-electron chi connectivity index (χ1n) is 7.21. The van der Waals surface area contributed by atoms with E-state index < -0.39 is 17.8 Å². The zero-order valence-electron chi connectivity index (χ0n) is 12.4. The Labute approximate surface area is 130 Å². The van der Waals surface area contributed by atoms with Gasteiger partial charge in [-0.1, -0.05) is 17.3 Å². The minimum atomic E-state index is -4.39. The van der Waals surface area contributed by atoms with Crippen molar-refractivity contribution in [1.82, 2.24) is 15.0 Å². The third kappa shape index (κ3) is 3.53. The molecule has 1 saturated heterocycles. The van der Waals surface area contributed by atoms with Crippen LogP contribution in [-0.2, 0) is 12.7 Å². The Balaban J connectivity index is 1.84. The van der Waals surface area contributed by atoms with Crippen LogP contribution in [0.15, 0.2) is 28.8 Å². The van der Waals surface area contributed by atoms with Gasteiger partial charge in [-0.05, 0) is 24.1 Å². The summed E-state index contributed by atoms with van der Waals surface area (Å²) in [4.78, 5) is 5.97. The van der Waals surface area contributed by atoms with Crippen molar-refractivity contribution in [2.75, 3.05) is 6.54 Å². The molecule has 2 heterocycles. The SMILES string of the molecule is Cc1nc(CN2C[C@@H](O)C[C@H]2c2cccc(C(F)(F)F)c2)no1. The number of aliphatic hydroxyl groups excluding tert-OH is 1. The number of hydrogen-bond acceptors (Lipinski definition) is 5.